The maximum absolute atomic E-state index is 10.8. The van der Waals surface area contributed by atoms with E-state index in [2.05, 4.69) is 13.2 Å². The minimum absolute atomic E-state index is 0. The van der Waals surface area contributed by atoms with Crippen molar-refractivity contribution in [2.75, 3.05) is 95.5 Å². The summed E-state index contributed by atoms with van der Waals surface area (Å²) in [5.74, 6) is 0.388. The number of methoxy groups -OCH3 is 6. The highest BCUT2D eigenvalue weighted by Gasteiger charge is 2.35. The molecule has 0 amide bonds. The molecular formula is C32H62O10. The van der Waals surface area contributed by atoms with Gasteiger partial charge in [0.25, 0.3) is 0 Å². The second kappa shape index (κ2) is 32.1. The third kappa shape index (κ3) is 28.3. The highest BCUT2D eigenvalue weighted by Crippen LogP contribution is 2.24. The molecule has 10 nitrogen and oxygen atoms in total. The molecule has 0 saturated heterocycles. The lowest BCUT2D eigenvalue weighted by Gasteiger charge is -2.35. The second-order valence-electron chi connectivity index (χ2n) is 10.2. The number of rotatable bonds is 25. The summed E-state index contributed by atoms with van der Waals surface area (Å²) >= 11 is 0. The van der Waals surface area contributed by atoms with Gasteiger partial charge in [0.2, 0.25) is 0 Å². The molecule has 0 rings (SSSR count). The van der Waals surface area contributed by atoms with Crippen LogP contribution >= 0.6 is 0 Å². The first-order valence-electron chi connectivity index (χ1n) is 13.8. The molecule has 0 bridgehead atoms. The molecule has 250 valence electrons. The zero-order valence-electron chi connectivity index (χ0n) is 27.1. The number of carbonyl (C=O) groups excluding carboxylic acids is 3. The van der Waals surface area contributed by atoms with Crippen LogP contribution in [0.1, 0.15) is 59.8 Å². The monoisotopic (exact) mass is 606 g/mol. The summed E-state index contributed by atoms with van der Waals surface area (Å²) in [5.41, 5.74) is -0.700. The first-order valence-corrected chi connectivity index (χ1v) is 13.8. The molecule has 0 spiro atoms. The van der Waals surface area contributed by atoms with Crippen LogP contribution < -0.4 is 0 Å². The van der Waals surface area contributed by atoms with Crippen LogP contribution in [0.4, 0.5) is 0 Å². The molecule has 0 aromatic heterocycles. The summed E-state index contributed by atoms with van der Waals surface area (Å²) in [6.07, 6.45) is 7.88. The van der Waals surface area contributed by atoms with Crippen LogP contribution in [0.15, 0.2) is 25.3 Å². The van der Waals surface area contributed by atoms with Crippen molar-refractivity contribution in [2.24, 2.45) is 10.8 Å². The van der Waals surface area contributed by atoms with Gasteiger partial charge in [0.15, 0.2) is 11.6 Å². The Labute approximate surface area is 256 Å². The van der Waals surface area contributed by atoms with Gasteiger partial charge in [0.05, 0.1) is 63.7 Å². The maximum Gasteiger partial charge on any atom is 0.155 e. The summed E-state index contributed by atoms with van der Waals surface area (Å²) < 4.78 is 37.9. The van der Waals surface area contributed by atoms with Crippen LogP contribution in [0.25, 0.3) is 0 Å². The van der Waals surface area contributed by atoms with Crippen LogP contribution in [-0.2, 0) is 47.5 Å². The zero-order chi connectivity index (χ0) is 32.0. The molecule has 0 aromatic carbocycles. The van der Waals surface area contributed by atoms with Gasteiger partial charge in [-0.05, 0) is 38.8 Å². The molecule has 0 aliphatic rings. The lowest BCUT2D eigenvalue weighted by atomic mass is 9.90. The van der Waals surface area contributed by atoms with Gasteiger partial charge in [-0.15, -0.1) is 0 Å². The molecule has 10 heteroatoms. The van der Waals surface area contributed by atoms with E-state index in [0.29, 0.717) is 65.7 Å². The predicted octanol–water partition coefficient (Wildman–Crippen LogP) is 4.92. The Kier molecular flexibility index (Phi) is 36.1. The first kappa shape index (κ1) is 47.1. The highest BCUT2D eigenvalue weighted by atomic mass is 16.5. The van der Waals surface area contributed by atoms with Crippen LogP contribution in [0.5, 0.6) is 0 Å². The van der Waals surface area contributed by atoms with Crippen LogP contribution in [0.3, 0.4) is 0 Å². The summed E-state index contributed by atoms with van der Waals surface area (Å²) in [7, 11) is 9.95. The van der Waals surface area contributed by atoms with Gasteiger partial charge in [-0.2, -0.15) is 0 Å². The topological polar surface area (TPSA) is 116 Å². The zero-order valence-corrected chi connectivity index (χ0v) is 27.1. The molecule has 0 aliphatic carbocycles. The van der Waals surface area contributed by atoms with E-state index in [1.807, 2.05) is 0 Å². The molecule has 0 heterocycles. The molecule has 42 heavy (non-hydrogen) atoms. The maximum atomic E-state index is 10.8. The van der Waals surface area contributed by atoms with Crippen molar-refractivity contribution >= 4 is 17.3 Å². The van der Waals surface area contributed by atoms with Crippen LogP contribution in [-0.4, -0.2) is 113 Å². The Morgan fingerprint density at radius 1 is 0.548 bits per heavy atom. The average molecular weight is 607 g/mol. The van der Waals surface area contributed by atoms with Gasteiger partial charge in [-0.1, -0.05) is 33.4 Å². The molecule has 0 saturated carbocycles. The molecule has 0 N–H and O–H groups in total. The predicted molar refractivity (Wildman–Crippen MR) is 168 cm³/mol. The third-order valence-electron chi connectivity index (χ3n) is 5.74. The number of hydrogen-bond donors (Lipinski definition) is 0. The highest BCUT2D eigenvalue weighted by molar-refractivity contribution is 5.88. The number of allylic oxidation sites excluding steroid dienone is 2. The summed E-state index contributed by atoms with van der Waals surface area (Å²) in [4.78, 5) is 31.0. The fourth-order valence-electron chi connectivity index (χ4n) is 3.95. The quantitative estimate of drug-likeness (QED) is 0.105. The third-order valence-corrected chi connectivity index (χ3v) is 5.74. The van der Waals surface area contributed by atoms with Gasteiger partial charge >= 0.3 is 0 Å². The Morgan fingerprint density at radius 2 is 0.857 bits per heavy atom. The number of Topliss-reactive ketones (excluding diaryl/α,β-unsaturated/α-hetero) is 1. The average Bonchev–Trinajstić information content (AvgIpc) is 2.92. The first-order chi connectivity index (χ1) is 19.5. The fourth-order valence-corrected chi connectivity index (χ4v) is 3.95. The van der Waals surface area contributed by atoms with E-state index in [4.69, 9.17) is 33.2 Å². The molecule has 0 aliphatic heterocycles. The number of ether oxygens (including phenoxy) is 7. The van der Waals surface area contributed by atoms with Gasteiger partial charge in [0, 0.05) is 55.5 Å². The smallest absolute Gasteiger partial charge is 0.155 e. The van der Waals surface area contributed by atoms with Crippen molar-refractivity contribution in [1.82, 2.24) is 0 Å². The Bertz CT molecular complexity index is 618. The molecular weight excluding hydrogens is 544 g/mol. The summed E-state index contributed by atoms with van der Waals surface area (Å²) in [6, 6.07) is 0. The van der Waals surface area contributed by atoms with Crippen LogP contribution in [0, 0.1) is 10.8 Å². The van der Waals surface area contributed by atoms with Gasteiger partial charge in [0.1, 0.15) is 5.78 Å². The van der Waals surface area contributed by atoms with Gasteiger partial charge in [-0.25, -0.2) is 0 Å². The molecule has 0 atom stereocenters. The number of unbranched alkanes of at least 4 members (excludes halogenated alkanes) is 3. The molecule has 0 fully saturated rings. The van der Waals surface area contributed by atoms with Gasteiger partial charge in [-0.3, -0.25) is 9.59 Å². The van der Waals surface area contributed by atoms with Crippen molar-refractivity contribution in [2.45, 2.75) is 59.8 Å². The van der Waals surface area contributed by atoms with E-state index < -0.39 is 0 Å². The summed E-state index contributed by atoms with van der Waals surface area (Å²) in [5, 5.41) is 0. The normalized spacial score (nSPS) is 10.8. The lowest BCUT2D eigenvalue weighted by Crippen LogP contribution is -2.45. The van der Waals surface area contributed by atoms with Gasteiger partial charge < -0.3 is 38.0 Å². The SMILES string of the molecule is C.C=CC(=O)CCCCCCC(C)=O.C=CC(C)=O.COCC(COC)(COC)COCC(COC)(COC)COC. The number of ketones is 3. The Balaban J connectivity index is -0.000000319. The van der Waals surface area contributed by atoms with Crippen molar-refractivity contribution in [3.8, 4) is 0 Å². The summed E-state index contributed by atoms with van der Waals surface area (Å²) in [6.45, 7) is 13.5. The van der Waals surface area contributed by atoms with Crippen molar-refractivity contribution in [1.29, 1.82) is 0 Å². The fraction of sp³-hybridized carbons (Fsp3) is 0.781. The van der Waals surface area contributed by atoms with Crippen molar-refractivity contribution < 1.29 is 47.5 Å². The van der Waals surface area contributed by atoms with Crippen molar-refractivity contribution in [3.05, 3.63) is 25.3 Å². The lowest BCUT2D eigenvalue weighted by molar-refractivity contribution is -0.125. The standard InChI is InChI=1S/C16H34O7.C11H18O2.C4H6O.CH4/c1-17-7-15(8-18-2,9-19-3)13-23-14-16(10-20-4,11-21-5)12-22-6;1-3-11(13)9-7-5-4-6-8-10(2)12;1-3-4(2)5;/h7-14H2,1-6H3;3H,1,4-9H2,2H3;3H,1H2,2H3;1H4. The van der Waals surface area contributed by atoms with Crippen LogP contribution in [0.2, 0.25) is 0 Å². The van der Waals surface area contributed by atoms with Crippen molar-refractivity contribution in [3.63, 3.8) is 0 Å². The number of carbonyl (C=O) groups is 3. The molecule has 0 radical (unpaired) electrons. The Morgan fingerprint density at radius 3 is 1.10 bits per heavy atom. The van der Waals surface area contributed by atoms with E-state index in [1.54, 1.807) is 49.6 Å². The largest absolute Gasteiger partial charge is 0.384 e. The number of hydrogen-bond acceptors (Lipinski definition) is 10. The second-order valence-corrected chi connectivity index (χ2v) is 10.2. The van der Waals surface area contributed by atoms with E-state index in [1.165, 1.54) is 19.1 Å². The van der Waals surface area contributed by atoms with E-state index in [-0.39, 0.29) is 35.6 Å². The minimum Gasteiger partial charge on any atom is -0.384 e. The Hall–Kier alpha value is -1.79. The van der Waals surface area contributed by atoms with E-state index in [0.717, 1.165) is 25.7 Å². The molecule has 0 unspecified atom stereocenters. The molecule has 0 aromatic rings. The minimum atomic E-state index is -0.350. The van der Waals surface area contributed by atoms with E-state index >= 15 is 0 Å². The van der Waals surface area contributed by atoms with E-state index in [9.17, 15) is 14.4 Å².